The minimum atomic E-state index is -1.36. The molecule has 0 aliphatic carbocycles. The molecule has 0 aliphatic rings. The number of rotatable bonds is 15. The van der Waals surface area contributed by atoms with Crippen LogP contribution in [0.4, 0.5) is 0 Å². The van der Waals surface area contributed by atoms with E-state index in [4.69, 9.17) is 4.43 Å². The van der Waals surface area contributed by atoms with Gasteiger partial charge in [0.1, 0.15) is 0 Å². The zero-order chi connectivity index (χ0) is 19.3. The molecule has 0 aliphatic heterocycles. The monoisotopic (exact) mass is 368 g/mol. The van der Waals surface area contributed by atoms with Crippen molar-refractivity contribution in [1.82, 2.24) is 0 Å². The van der Waals surface area contributed by atoms with Crippen molar-refractivity contribution in [3.63, 3.8) is 0 Å². The van der Waals surface area contributed by atoms with Crippen molar-refractivity contribution in [2.24, 2.45) is 17.8 Å². The zero-order valence-corrected chi connectivity index (χ0v) is 19.8. The molecule has 0 aromatic carbocycles. The molecule has 0 unspecified atom stereocenters. The first-order valence-electron chi connectivity index (χ1n) is 10.9. The average Bonchev–Trinajstić information content (AvgIpc) is 2.45. The van der Waals surface area contributed by atoms with Gasteiger partial charge in [-0.05, 0) is 57.2 Å². The van der Waals surface area contributed by atoms with E-state index >= 15 is 0 Å². The second kappa shape index (κ2) is 14.0. The van der Waals surface area contributed by atoms with Crippen molar-refractivity contribution < 1.29 is 4.43 Å². The van der Waals surface area contributed by atoms with Gasteiger partial charge in [0.15, 0.2) is 8.32 Å². The maximum absolute atomic E-state index is 5.91. The highest BCUT2D eigenvalue weighted by molar-refractivity contribution is 6.69. The van der Waals surface area contributed by atoms with E-state index in [0.717, 1.165) is 24.4 Å². The molecule has 25 heavy (non-hydrogen) atoms. The van der Waals surface area contributed by atoms with Gasteiger partial charge in [-0.2, -0.15) is 0 Å². The fourth-order valence-corrected chi connectivity index (χ4v) is 3.83. The van der Waals surface area contributed by atoms with Crippen LogP contribution in [0.1, 0.15) is 92.4 Å². The van der Waals surface area contributed by atoms with Crippen LogP contribution in [0.2, 0.25) is 19.6 Å². The molecule has 2 atom stereocenters. The van der Waals surface area contributed by atoms with Crippen LogP contribution < -0.4 is 0 Å². The fourth-order valence-electron chi connectivity index (χ4n) is 3.24. The Hall–Kier alpha value is -0.0831. The van der Waals surface area contributed by atoms with Gasteiger partial charge in [0, 0.05) is 0 Å². The largest absolute Gasteiger partial charge is 0.414 e. The lowest BCUT2D eigenvalue weighted by Crippen LogP contribution is -2.25. The molecule has 0 saturated heterocycles. The normalized spacial score (nSPS) is 15.6. The van der Waals surface area contributed by atoms with E-state index in [9.17, 15) is 0 Å². The Morgan fingerprint density at radius 3 is 1.76 bits per heavy atom. The quantitative estimate of drug-likeness (QED) is 0.209. The van der Waals surface area contributed by atoms with Crippen LogP contribution in [0, 0.1) is 17.8 Å². The van der Waals surface area contributed by atoms with Gasteiger partial charge in [0.2, 0.25) is 0 Å². The van der Waals surface area contributed by atoms with Gasteiger partial charge >= 0.3 is 0 Å². The minimum Gasteiger partial charge on any atom is -0.414 e. The Morgan fingerprint density at radius 1 is 0.800 bits per heavy atom. The van der Waals surface area contributed by atoms with Crippen LogP contribution in [0.15, 0.2) is 11.6 Å². The third kappa shape index (κ3) is 18.5. The summed E-state index contributed by atoms with van der Waals surface area (Å²) in [5, 5.41) is 0. The molecule has 150 valence electrons. The lowest BCUT2D eigenvalue weighted by molar-refractivity contribution is 0.356. The van der Waals surface area contributed by atoms with Crippen molar-refractivity contribution >= 4 is 8.32 Å². The highest BCUT2D eigenvalue weighted by Crippen LogP contribution is 2.22. The van der Waals surface area contributed by atoms with Gasteiger partial charge in [-0.15, -0.1) is 0 Å². The summed E-state index contributed by atoms with van der Waals surface area (Å²) in [5.41, 5.74) is 1.50. The minimum absolute atomic E-state index is 0.811. The summed E-state index contributed by atoms with van der Waals surface area (Å²) < 4.78 is 5.91. The van der Waals surface area contributed by atoms with Gasteiger partial charge < -0.3 is 4.43 Å². The molecule has 0 heterocycles. The average molecular weight is 369 g/mol. The smallest absolute Gasteiger partial charge is 0.184 e. The van der Waals surface area contributed by atoms with Crippen molar-refractivity contribution in [3.05, 3.63) is 11.6 Å². The lowest BCUT2D eigenvalue weighted by atomic mass is 9.91. The Balaban J connectivity index is 3.66. The van der Waals surface area contributed by atoms with Crippen molar-refractivity contribution in [2.45, 2.75) is 112 Å². The summed E-state index contributed by atoms with van der Waals surface area (Å²) in [6, 6.07) is 0. The second-order valence-electron chi connectivity index (χ2n) is 9.83. The first-order valence-corrected chi connectivity index (χ1v) is 14.3. The van der Waals surface area contributed by atoms with Crippen LogP contribution in [-0.4, -0.2) is 14.9 Å². The first-order chi connectivity index (χ1) is 11.6. The lowest BCUT2D eigenvalue weighted by Gasteiger charge is -2.16. The second-order valence-corrected chi connectivity index (χ2v) is 14.3. The zero-order valence-electron chi connectivity index (χ0n) is 18.8. The Bertz CT molecular complexity index is 340. The molecule has 0 bridgehead atoms. The third-order valence-electron chi connectivity index (χ3n) is 5.09. The van der Waals surface area contributed by atoms with Crippen molar-refractivity contribution in [3.8, 4) is 0 Å². The van der Waals surface area contributed by atoms with Crippen molar-refractivity contribution in [1.29, 1.82) is 0 Å². The molecule has 2 heteroatoms. The van der Waals surface area contributed by atoms with Gasteiger partial charge in [-0.25, -0.2) is 0 Å². The van der Waals surface area contributed by atoms with Gasteiger partial charge in [0.05, 0.1) is 6.61 Å². The molecule has 0 aromatic rings. The maximum Gasteiger partial charge on any atom is 0.184 e. The summed E-state index contributed by atoms with van der Waals surface area (Å²) in [4.78, 5) is 0. The molecular weight excluding hydrogens is 320 g/mol. The topological polar surface area (TPSA) is 9.23 Å². The molecule has 0 rings (SSSR count). The SMILES string of the molecule is CC(=CCO[Si](C)(C)C)CCC[C@@H](C)CCC[C@@H](C)CCCC(C)C. The molecule has 0 aromatic heterocycles. The first kappa shape index (κ1) is 24.9. The highest BCUT2D eigenvalue weighted by Gasteiger charge is 2.12. The highest BCUT2D eigenvalue weighted by atomic mass is 28.4. The van der Waals surface area contributed by atoms with E-state index in [1.165, 1.54) is 63.4 Å². The van der Waals surface area contributed by atoms with Crippen LogP contribution in [-0.2, 0) is 4.43 Å². The van der Waals surface area contributed by atoms with Crippen LogP contribution in [0.25, 0.3) is 0 Å². The standard InChI is InChI=1S/C23H48OSi/c1-20(2)12-9-13-21(3)14-10-15-22(4)16-11-17-23(5)18-19-24-25(6,7)8/h18,20-22H,9-17,19H2,1-8H3/t21-,22-/m0/s1. The Labute approximate surface area is 161 Å². The Kier molecular flexibility index (Phi) is 14.0. The van der Waals surface area contributed by atoms with Gasteiger partial charge in [0.25, 0.3) is 0 Å². The molecular formula is C23H48OSi. The van der Waals surface area contributed by atoms with Crippen LogP contribution >= 0.6 is 0 Å². The molecule has 1 nitrogen and oxygen atoms in total. The summed E-state index contributed by atoms with van der Waals surface area (Å²) in [6.07, 6.45) is 14.7. The summed E-state index contributed by atoms with van der Waals surface area (Å²) in [7, 11) is -1.36. The summed E-state index contributed by atoms with van der Waals surface area (Å²) in [6.45, 7) is 19.4. The molecule has 0 fully saturated rings. The van der Waals surface area contributed by atoms with E-state index in [0.29, 0.717) is 0 Å². The maximum atomic E-state index is 5.91. The van der Waals surface area contributed by atoms with Crippen LogP contribution in [0.5, 0.6) is 0 Å². The molecule has 0 N–H and O–H groups in total. The molecule has 0 radical (unpaired) electrons. The van der Waals surface area contributed by atoms with Gasteiger partial charge in [-0.3, -0.25) is 0 Å². The van der Waals surface area contributed by atoms with Crippen LogP contribution in [0.3, 0.4) is 0 Å². The van der Waals surface area contributed by atoms with Gasteiger partial charge in [-0.1, -0.05) is 84.3 Å². The molecule has 0 saturated carbocycles. The van der Waals surface area contributed by atoms with E-state index in [1.807, 2.05) is 0 Å². The molecule has 0 spiro atoms. The van der Waals surface area contributed by atoms with E-state index < -0.39 is 8.32 Å². The Morgan fingerprint density at radius 2 is 1.28 bits per heavy atom. The van der Waals surface area contributed by atoms with E-state index in [1.54, 1.807) is 0 Å². The van der Waals surface area contributed by atoms with Crippen molar-refractivity contribution in [2.75, 3.05) is 6.61 Å². The summed E-state index contributed by atoms with van der Waals surface area (Å²) >= 11 is 0. The molecule has 0 amide bonds. The number of hydrogen-bond donors (Lipinski definition) is 0. The van der Waals surface area contributed by atoms with E-state index in [-0.39, 0.29) is 0 Å². The van der Waals surface area contributed by atoms with E-state index in [2.05, 4.69) is 60.3 Å². The number of hydrogen-bond acceptors (Lipinski definition) is 1. The predicted octanol–water partition coefficient (Wildman–Crippen LogP) is 8.22. The number of allylic oxidation sites excluding steroid dienone is 1. The fraction of sp³-hybridized carbons (Fsp3) is 0.913. The predicted molar refractivity (Wildman–Crippen MR) is 118 cm³/mol. The summed E-state index contributed by atoms with van der Waals surface area (Å²) in [5.74, 6) is 2.67. The third-order valence-corrected chi connectivity index (χ3v) is 6.12.